The smallest absolute Gasteiger partial charge is 0.266 e. The Bertz CT molecular complexity index is 1720. The molecule has 0 aliphatic rings. The minimum Gasteiger partial charge on any atom is -0.494 e. The summed E-state index contributed by atoms with van der Waals surface area (Å²) in [5, 5.41) is 18.2. The number of para-hydroxylation sites is 1. The molecule has 0 atom stereocenters. The van der Waals surface area contributed by atoms with Crippen molar-refractivity contribution in [3.63, 3.8) is 0 Å². The first-order valence-corrected chi connectivity index (χ1v) is 13.7. The van der Waals surface area contributed by atoms with E-state index in [1.165, 1.54) is 0 Å². The van der Waals surface area contributed by atoms with Crippen molar-refractivity contribution in [3.05, 3.63) is 131 Å². The average molecular weight is 575 g/mol. The molecule has 5 aromatic rings. The van der Waals surface area contributed by atoms with Crippen molar-refractivity contribution in [2.24, 2.45) is 0 Å². The number of amides is 1. The summed E-state index contributed by atoms with van der Waals surface area (Å²) in [6.07, 6.45) is 3.35. The molecule has 208 valence electrons. The van der Waals surface area contributed by atoms with E-state index >= 15 is 0 Å². The second-order valence-electron chi connectivity index (χ2n) is 9.23. The van der Waals surface area contributed by atoms with Crippen LogP contribution in [0, 0.1) is 11.3 Å². The second kappa shape index (κ2) is 13.4. The van der Waals surface area contributed by atoms with Crippen LogP contribution in [0.2, 0.25) is 5.02 Å². The van der Waals surface area contributed by atoms with Crippen LogP contribution in [0.5, 0.6) is 11.5 Å². The number of hydrogen-bond donors (Lipinski definition) is 1. The standard InChI is InChI=1S/C34H27ClN4O3/c1-2-41-31-18-14-29(15-19-31)37-34(40)26(21-36)20-27-22-39(30-6-4-3-5-7-30)38-33(27)25-10-16-32(17-11-25)42-23-24-8-12-28(35)13-9-24/h3-20,22H,2,23H2,1H3,(H,37,40). The van der Waals surface area contributed by atoms with Gasteiger partial charge in [0.2, 0.25) is 0 Å². The van der Waals surface area contributed by atoms with E-state index in [-0.39, 0.29) is 5.57 Å². The number of benzene rings is 4. The van der Waals surface area contributed by atoms with Gasteiger partial charge in [0.1, 0.15) is 29.7 Å². The summed E-state index contributed by atoms with van der Waals surface area (Å²) in [6, 6.07) is 33.7. The molecule has 0 saturated heterocycles. The molecule has 1 heterocycles. The molecule has 0 unspecified atom stereocenters. The quantitative estimate of drug-likeness (QED) is 0.136. The highest BCUT2D eigenvalue weighted by atomic mass is 35.5. The number of rotatable bonds is 10. The lowest BCUT2D eigenvalue weighted by Crippen LogP contribution is -2.13. The molecule has 0 saturated carbocycles. The van der Waals surface area contributed by atoms with Crippen molar-refractivity contribution >= 4 is 29.3 Å². The zero-order chi connectivity index (χ0) is 29.3. The van der Waals surface area contributed by atoms with Crippen LogP contribution in [0.15, 0.2) is 115 Å². The number of anilines is 1. The number of ether oxygens (including phenoxy) is 2. The van der Waals surface area contributed by atoms with E-state index in [0.29, 0.717) is 46.7 Å². The largest absolute Gasteiger partial charge is 0.494 e. The Morgan fingerprint density at radius 2 is 1.60 bits per heavy atom. The Kier molecular flexibility index (Phi) is 8.97. The Balaban J connectivity index is 1.41. The molecule has 7 nitrogen and oxygen atoms in total. The van der Waals surface area contributed by atoms with Gasteiger partial charge in [-0.1, -0.05) is 41.9 Å². The topological polar surface area (TPSA) is 89.2 Å². The van der Waals surface area contributed by atoms with Crippen molar-refractivity contribution in [2.75, 3.05) is 11.9 Å². The van der Waals surface area contributed by atoms with Crippen LogP contribution in [0.25, 0.3) is 23.0 Å². The maximum Gasteiger partial charge on any atom is 0.266 e. The van der Waals surface area contributed by atoms with Crippen molar-refractivity contribution in [1.82, 2.24) is 9.78 Å². The third-order valence-electron chi connectivity index (χ3n) is 6.30. The van der Waals surface area contributed by atoms with Crippen molar-refractivity contribution in [1.29, 1.82) is 5.26 Å². The van der Waals surface area contributed by atoms with Crippen LogP contribution in [0.1, 0.15) is 18.1 Å². The SMILES string of the molecule is CCOc1ccc(NC(=O)C(C#N)=Cc2cn(-c3ccccc3)nc2-c2ccc(OCc3ccc(Cl)cc3)cc2)cc1. The molecule has 0 aliphatic heterocycles. The molecule has 0 spiro atoms. The minimum absolute atomic E-state index is 0.0549. The third-order valence-corrected chi connectivity index (χ3v) is 6.55. The van der Waals surface area contributed by atoms with Gasteiger partial charge in [-0.05, 0) is 91.4 Å². The molecule has 0 bridgehead atoms. The fourth-order valence-corrected chi connectivity index (χ4v) is 4.32. The first kappa shape index (κ1) is 28.2. The van der Waals surface area contributed by atoms with Gasteiger partial charge in [-0.15, -0.1) is 0 Å². The summed E-state index contributed by atoms with van der Waals surface area (Å²) in [6.45, 7) is 2.85. The fraction of sp³-hybridized carbons (Fsp3) is 0.0882. The number of nitrogens with zero attached hydrogens (tertiary/aromatic N) is 3. The Hall–Kier alpha value is -5.32. The van der Waals surface area contributed by atoms with Crippen LogP contribution in [0.3, 0.4) is 0 Å². The highest BCUT2D eigenvalue weighted by Gasteiger charge is 2.16. The maximum atomic E-state index is 13.1. The van der Waals surface area contributed by atoms with Gasteiger partial charge in [0.25, 0.3) is 5.91 Å². The summed E-state index contributed by atoms with van der Waals surface area (Å²) in [4.78, 5) is 13.1. The molecule has 4 aromatic carbocycles. The number of aromatic nitrogens is 2. The molecule has 8 heteroatoms. The van der Waals surface area contributed by atoms with Gasteiger partial charge in [-0.25, -0.2) is 4.68 Å². The lowest BCUT2D eigenvalue weighted by molar-refractivity contribution is -0.112. The van der Waals surface area contributed by atoms with E-state index in [1.54, 1.807) is 41.2 Å². The minimum atomic E-state index is -0.522. The Morgan fingerprint density at radius 3 is 2.26 bits per heavy atom. The molecule has 1 aromatic heterocycles. The number of carbonyl (C=O) groups is 1. The molecule has 5 rings (SSSR count). The Labute approximate surface area is 249 Å². The highest BCUT2D eigenvalue weighted by Crippen LogP contribution is 2.28. The van der Waals surface area contributed by atoms with Gasteiger partial charge >= 0.3 is 0 Å². The number of hydrogen-bond acceptors (Lipinski definition) is 5. The van der Waals surface area contributed by atoms with Crippen molar-refractivity contribution < 1.29 is 14.3 Å². The molecular formula is C34H27ClN4O3. The van der Waals surface area contributed by atoms with Gasteiger partial charge in [0, 0.05) is 28.0 Å². The zero-order valence-electron chi connectivity index (χ0n) is 22.8. The number of carbonyl (C=O) groups excluding carboxylic acids is 1. The predicted octanol–water partition coefficient (Wildman–Crippen LogP) is 7.72. The van der Waals surface area contributed by atoms with E-state index in [2.05, 4.69) is 5.32 Å². The maximum absolute atomic E-state index is 13.1. The molecule has 42 heavy (non-hydrogen) atoms. The average Bonchev–Trinajstić information content (AvgIpc) is 3.45. The van der Waals surface area contributed by atoms with Crippen LogP contribution >= 0.6 is 11.6 Å². The van der Waals surface area contributed by atoms with Gasteiger partial charge < -0.3 is 14.8 Å². The van der Waals surface area contributed by atoms with Crippen LogP contribution in [0.4, 0.5) is 5.69 Å². The normalized spacial score (nSPS) is 11.0. The Morgan fingerprint density at radius 1 is 0.929 bits per heavy atom. The monoisotopic (exact) mass is 574 g/mol. The predicted molar refractivity (Wildman–Crippen MR) is 165 cm³/mol. The first-order chi connectivity index (χ1) is 20.5. The number of halogens is 1. The first-order valence-electron chi connectivity index (χ1n) is 13.3. The number of nitrogens with one attached hydrogen (secondary N) is 1. The van der Waals surface area contributed by atoms with Gasteiger partial charge in [-0.3, -0.25) is 4.79 Å². The lowest BCUT2D eigenvalue weighted by atomic mass is 10.1. The second-order valence-corrected chi connectivity index (χ2v) is 9.67. The van der Waals surface area contributed by atoms with Crippen LogP contribution < -0.4 is 14.8 Å². The van der Waals surface area contributed by atoms with Crippen molar-refractivity contribution in [2.45, 2.75) is 13.5 Å². The van der Waals surface area contributed by atoms with Crippen LogP contribution in [-0.4, -0.2) is 22.3 Å². The molecule has 0 radical (unpaired) electrons. The van der Waals surface area contributed by atoms with E-state index in [4.69, 9.17) is 26.2 Å². The lowest BCUT2D eigenvalue weighted by Gasteiger charge is -2.08. The van der Waals surface area contributed by atoms with Crippen LogP contribution in [-0.2, 0) is 11.4 Å². The summed E-state index contributed by atoms with van der Waals surface area (Å²) >= 11 is 5.97. The summed E-state index contributed by atoms with van der Waals surface area (Å²) < 4.78 is 13.1. The summed E-state index contributed by atoms with van der Waals surface area (Å²) in [5.41, 5.74) is 4.39. The highest BCUT2D eigenvalue weighted by molar-refractivity contribution is 6.30. The fourth-order valence-electron chi connectivity index (χ4n) is 4.19. The zero-order valence-corrected chi connectivity index (χ0v) is 23.6. The van der Waals surface area contributed by atoms with E-state index in [0.717, 1.165) is 16.8 Å². The molecule has 0 fully saturated rings. The van der Waals surface area contributed by atoms with Gasteiger partial charge in [-0.2, -0.15) is 10.4 Å². The molecule has 1 N–H and O–H groups in total. The summed E-state index contributed by atoms with van der Waals surface area (Å²) in [7, 11) is 0. The van der Waals surface area contributed by atoms with E-state index in [1.807, 2.05) is 91.9 Å². The van der Waals surface area contributed by atoms with E-state index in [9.17, 15) is 10.1 Å². The molecule has 1 amide bonds. The van der Waals surface area contributed by atoms with E-state index < -0.39 is 5.91 Å². The molecule has 0 aliphatic carbocycles. The number of nitriles is 1. The van der Waals surface area contributed by atoms with Crippen molar-refractivity contribution in [3.8, 4) is 34.5 Å². The third kappa shape index (κ3) is 7.05. The van der Waals surface area contributed by atoms with Gasteiger partial charge in [0.05, 0.1) is 18.0 Å². The van der Waals surface area contributed by atoms with Gasteiger partial charge in [0.15, 0.2) is 0 Å². The molecular weight excluding hydrogens is 548 g/mol. The summed E-state index contributed by atoms with van der Waals surface area (Å²) in [5.74, 6) is 0.873.